The summed E-state index contributed by atoms with van der Waals surface area (Å²) < 4.78 is 5.09. The standard InChI is InChI=1S/C18H17NO2/c1-12-5-4-6-16(13(12)2)18(20)17(11-19)14-7-9-15(21-3)10-8-14/h4-10,17H,1-3H3. The number of nitriles is 1. The Bertz CT molecular complexity index is 696. The monoisotopic (exact) mass is 279 g/mol. The normalized spacial score (nSPS) is 11.5. The lowest BCUT2D eigenvalue weighted by Crippen LogP contribution is -2.13. The molecule has 1 unspecified atom stereocenters. The van der Waals surface area contributed by atoms with E-state index in [4.69, 9.17) is 4.74 Å². The topological polar surface area (TPSA) is 50.1 Å². The summed E-state index contributed by atoms with van der Waals surface area (Å²) in [5.41, 5.74) is 3.27. The second kappa shape index (κ2) is 6.23. The van der Waals surface area contributed by atoms with Gasteiger partial charge in [0.25, 0.3) is 0 Å². The van der Waals surface area contributed by atoms with Crippen LogP contribution < -0.4 is 4.74 Å². The number of carbonyl (C=O) groups excluding carboxylic acids is 1. The summed E-state index contributed by atoms with van der Waals surface area (Å²) in [6, 6.07) is 14.7. The highest BCUT2D eigenvalue weighted by molar-refractivity contribution is 6.04. The van der Waals surface area contributed by atoms with Crippen LogP contribution in [0, 0.1) is 25.2 Å². The van der Waals surface area contributed by atoms with E-state index in [9.17, 15) is 10.1 Å². The van der Waals surface area contributed by atoms with E-state index in [0.717, 1.165) is 11.1 Å². The molecule has 3 nitrogen and oxygen atoms in total. The molecule has 0 amide bonds. The Morgan fingerprint density at radius 3 is 2.38 bits per heavy atom. The van der Waals surface area contributed by atoms with E-state index in [-0.39, 0.29) is 5.78 Å². The predicted molar refractivity (Wildman–Crippen MR) is 81.6 cm³/mol. The van der Waals surface area contributed by atoms with Gasteiger partial charge >= 0.3 is 0 Å². The van der Waals surface area contributed by atoms with Gasteiger partial charge in [0.15, 0.2) is 5.78 Å². The molecule has 2 aromatic carbocycles. The molecule has 3 heteroatoms. The van der Waals surface area contributed by atoms with Gasteiger partial charge < -0.3 is 4.74 Å². The van der Waals surface area contributed by atoms with Gasteiger partial charge in [-0.15, -0.1) is 0 Å². The Hall–Kier alpha value is -2.60. The van der Waals surface area contributed by atoms with Gasteiger partial charge in [0, 0.05) is 5.56 Å². The van der Waals surface area contributed by atoms with E-state index in [0.29, 0.717) is 16.9 Å². The van der Waals surface area contributed by atoms with Crippen molar-refractivity contribution in [1.29, 1.82) is 5.26 Å². The number of rotatable bonds is 4. The molecule has 0 saturated carbocycles. The van der Waals surface area contributed by atoms with Gasteiger partial charge in [-0.2, -0.15) is 5.26 Å². The number of benzene rings is 2. The van der Waals surface area contributed by atoms with Crippen LogP contribution in [-0.4, -0.2) is 12.9 Å². The number of methoxy groups -OCH3 is 1. The molecule has 21 heavy (non-hydrogen) atoms. The molecule has 1 atom stereocenters. The quantitative estimate of drug-likeness (QED) is 0.800. The third-order valence-electron chi connectivity index (χ3n) is 3.71. The van der Waals surface area contributed by atoms with Crippen LogP contribution in [0.1, 0.15) is 33.0 Å². The average molecular weight is 279 g/mol. The largest absolute Gasteiger partial charge is 0.497 e. The molecular weight excluding hydrogens is 262 g/mol. The van der Waals surface area contributed by atoms with E-state index in [1.54, 1.807) is 37.4 Å². The lowest BCUT2D eigenvalue weighted by molar-refractivity contribution is 0.0978. The summed E-state index contributed by atoms with van der Waals surface area (Å²) in [6.45, 7) is 3.87. The second-order valence-corrected chi connectivity index (χ2v) is 4.95. The van der Waals surface area contributed by atoms with E-state index in [1.165, 1.54) is 0 Å². The highest BCUT2D eigenvalue weighted by Gasteiger charge is 2.23. The molecule has 0 bridgehead atoms. The summed E-state index contributed by atoms with van der Waals surface area (Å²) in [4.78, 5) is 12.7. The second-order valence-electron chi connectivity index (χ2n) is 4.95. The van der Waals surface area contributed by atoms with E-state index < -0.39 is 5.92 Å². The van der Waals surface area contributed by atoms with Crippen LogP contribution in [0.2, 0.25) is 0 Å². The van der Waals surface area contributed by atoms with E-state index >= 15 is 0 Å². The Labute approximate surface area is 124 Å². The van der Waals surface area contributed by atoms with Crippen molar-refractivity contribution in [3.63, 3.8) is 0 Å². The fraction of sp³-hybridized carbons (Fsp3) is 0.222. The van der Waals surface area contributed by atoms with Gasteiger partial charge in [-0.1, -0.05) is 30.3 Å². The van der Waals surface area contributed by atoms with Gasteiger partial charge in [0.05, 0.1) is 13.2 Å². The van der Waals surface area contributed by atoms with Crippen molar-refractivity contribution >= 4 is 5.78 Å². The molecule has 0 aliphatic heterocycles. The summed E-state index contributed by atoms with van der Waals surface area (Å²) >= 11 is 0. The van der Waals surface area contributed by atoms with Crippen molar-refractivity contribution in [2.45, 2.75) is 19.8 Å². The van der Waals surface area contributed by atoms with Crippen molar-refractivity contribution in [3.05, 3.63) is 64.7 Å². The number of aryl methyl sites for hydroxylation is 1. The van der Waals surface area contributed by atoms with Gasteiger partial charge in [-0.05, 0) is 42.7 Å². The number of carbonyl (C=O) groups is 1. The number of Topliss-reactive ketones (excluding diaryl/α,β-unsaturated/α-hetero) is 1. The highest BCUT2D eigenvalue weighted by Crippen LogP contribution is 2.25. The minimum Gasteiger partial charge on any atom is -0.497 e. The number of ether oxygens (including phenoxy) is 1. The zero-order chi connectivity index (χ0) is 15.4. The van der Waals surface area contributed by atoms with Crippen molar-refractivity contribution in [2.75, 3.05) is 7.11 Å². The van der Waals surface area contributed by atoms with Gasteiger partial charge in [0.2, 0.25) is 0 Å². The van der Waals surface area contributed by atoms with Crippen molar-refractivity contribution in [2.24, 2.45) is 0 Å². The maximum atomic E-state index is 12.7. The van der Waals surface area contributed by atoms with Crippen LogP contribution in [0.25, 0.3) is 0 Å². The van der Waals surface area contributed by atoms with Crippen LogP contribution in [-0.2, 0) is 0 Å². The Kier molecular flexibility index (Phi) is 4.39. The average Bonchev–Trinajstić information content (AvgIpc) is 2.51. The highest BCUT2D eigenvalue weighted by atomic mass is 16.5. The lowest BCUT2D eigenvalue weighted by Gasteiger charge is -2.12. The third-order valence-corrected chi connectivity index (χ3v) is 3.71. The molecule has 2 aromatic rings. The molecular formula is C18H17NO2. The van der Waals surface area contributed by atoms with E-state index in [2.05, 4.69) is 6.07 Å². The van der Waals surface area contributed by atoms with Crippen LogP contribution in [0.3, 0.4) is 0 Å². The van der Waals surface area contributed by atoms with Crippen LogP contribution in [0.5, 0.6) is 5.75 Å². The first-order valence-corrected chi connectivity index (χ1v) is 6.72. The fourth-order valence-electron chi connectivity index (χ4n) is 2.25. The van der Waals surface area contributed by atoms with Gasteiger partial charge in [-0.25, -0.2) is 0 Å². The number of nitrogens with zero attached hydrogens (tertiary/aromatic N) is 1. The zero-order valence-corrected chi connectivity index (χ0v) is 12.4. The summed E-state index contributed by atoms with van der Waals surface area (Å²) in [5.74, 6) is -0.255. The molecule has 0 fully saturated rings. The fourth-order valence-corrected chi connectivity index (χ4v) is 2.25. The molecule has 106 valence electrons. The summed E-state index contributed by atoms with van der Waals surface area (Å²) in [6.07, 6.45) is 0. The smallest absolute Gasteiger partial charge is 0.184 e. The summed E-state index contributed by atoms with van der Waals surface area (Å²) in [7, 11) is 1.58. The molecule has 2 rings (SSSR count). The summed E-state index contributed by atoms with van der Waals surface area (Å²) in [5, 5.41) is 9.40. The Morgan fingerprint density at radius 2 is 1.81 bits per heavy atom. The minimum absolute atomic E-state index is 0.163. The molecule has 0 saturated heterocycles. The van der Waals surface area contributed by atoms with Crippen molar-refractivity contribution in [1.82, 2.24) is 0 Å². The zero-order valence-electron chi connectivity index (χ0n) is 12.4. The van der Waals surface area contributed by atoms with Crippen molar-refractivity contribution < 1.29 is 9.53 Å². The third kappa shape index (κ3) is 2.95. The maximum Gasteiger partial charge on any atom is 0.184 e. The molecule has 0 aliphatic rings. The van der Waals surface area contributed by atoms with Crippen LogP contribution in [0.4, 0.5) is 0 Å². The predicted octanol–water partition coefficient (Wildman–Crippen LogP) is 3.80. The van der Waals surface area contributed by atoms with Crippen molar-refractivity contribution in [3.8, 4) is 11.8 Å². The van der Waals surface area contributed by atoms with Crippen LogP contribution >= 0.6 is 0 Å². The first kappa shape index (κ1) is 14.8. The SMILES string of the molecule is COc1ccc(C(C#N)C(=O)c2cccc(C)c2C)cc1. The maximum absolute atomic E-state index is 12.7. The first-order chi connectivity index (χ1) is 10.1. The Morgan fingerprint density at radius 1 is 1.14 bits per heavy atom. The van der Waals surface area contributed by atoms with Gasteiger partial charge in [0.1, 0.15) is 11.7 Å². The van der Waals surface area contributed by atoms with E-state index in [1.807, 2.05) is 26.0 Å². The molecule has 0 radical (unpaired) electrons. The number of hydrogen-bond acceptors (Lipinski definition) is 3. The molecule has 0 aliphatic carbocycles. The van der Waals surface area contributed by atoms with Crippen LogP contribution in [0.15, 0.2) is 42.5 Å². The minimum atomic E-state index is -0.795. The van der Waals surface area contributed by atoms with Gasteiger partial charge in [-0.3, -0.25) is 4.79 Å². The lowest BCUT2D eigenvalue weighted by atomic mass is 9.89. The first-order valence-electron chi connectivity index (χ1n) is 6.72. The Balaban J connectivity index is 2.39. The molecule has 0 aromatic heterocycles. The number of ketones is 1. The molecule has 0 spiro atoms. The number of hydrogen-bond donors (Lipinski definition) is 0. The molecule has 0 N–H and O–H groups in total. The molecule has 0 heterocycles.